The quantitative estimate of drug-likeness (QED) is 0.583. The van der Waals surface area contributed by atoms with Crippen LogP contribution in [0.4, 0.5) is 5.69 Å². The first-order valence-electron chi connectivity index (χ1n) is 9.46. The van der Waals surface area contributed by atoms with Gasteiger partial charge in [0.25, 0.3) is 5.91 Å². The van der Waals surface area contributed by atoms with Crippen molar-refractivity contribution in [1.29, 1.82) is 0 Å². The second-order valence-electron chi connectivity index (χ2n) is 6.94. The van der Waals surface area contributed by atoms with Crippen LogP contribution in [0.1, 0.15) is 17.3 Å². The molecule has 3 aromatic rings. The Morgan fingerprint density at radius 3 is 2.17 bits per heavy atom. The van der Waals surface area contributed by atoms with Crippen LogP contribution in [0.2, 0.25) is 0 Å². The molecule has 0 aromatic heterocycles. The lowest BCUT2D eigenvalue weighted by molar-refractivity contribution is 0.0785. The summed E-state index contributed by atoms with van der Waals surface area (Å²) in [5.41, 5.74) is 3.42. The van der Waals surface area contributed by atoms with Gasteiger partial charge in [0.2, 0.25) is 0 Å². The number of methoxy groups -OCH3 is 1. The van der Waals surface area contributed by atoms with Gasteiger partial charge >= 0.3 is 0 Å². The molecule has 0 aliphatic heterocycles. The maximum absolute atomic E-state index is 12.7. The number of amides is 1. The smallest absolute Gasteiger partial charge is 0.255 e. The van der Waals surface area contributed by atoms with Gasteiger partial charge in [0.05, 0.1) is 7.11 Å². The zero-order valence-corrected chi connectivity index (χ0v) is 17.2. The first-order chi connectivity index (χ1) is 14.0. The molecule has 5 heteroatoms. The molecule has 0 fully saturated rings. The minimum absolute atomic E-state index is 0.139. The number of rotatable bonds is 7. The Bertz CT molecular complexity index is 954. The van der Waals surface area contributed by atoms with Crippen LogP contribution < -0.4 is 14.8 Å². The Labute approximate surface area is 171 Å². The van der Waals surface area contributed by atoms with Crippen LogP contribution in [0.3, 0.4) is 0 Å². The fraction of sp³-hybridized carbons (Fsp3) is 0.208. The highest BCUT2D eigenvalue weighted by Crippen LogP contribution is 2.31. The summed E-state index contributed by atoms with van der Waals surface area (Å²) in [4.78, 5) is 14.6. The average molecular weight is 390 g/mol. The van der Waals surface area contributed by atoms with E-state index >= 15 is 0 Å². The van der Waals surface area contributed by atoms with Crippen molar-refractivity contribution >= 4 is 11.6 Å². The molecular weight excluding hydrogens is 364 g/mol. The molecule has 0 aliphatic rings. The van der Waals surface area contributed by atoms with Crippen LogP contribution in [0.25, 0.3) is 11.1 Å². The van der Waals surface area contributed by atoms with Crippen molar-refractivity contribution in [2.75, 3.05) is 26.5 Å². The van der Waals surface area contributed by atoms with Crippen LogP contribution in [-0.4, -0.2) is 38.2 Å². The highest BCUT2D eigenvalue weighted by Gasteiger charge is 2.13. The van der Waals surface area contributed by atoms with Gasteiger partial charge in [-0.05, 0) is 56.4 Å². The normalized spacial score (nSPS) is 11.8. The zero-order valence-electron chi connectivity index (χ0n) is 17.2. The van der Waals surface area contributed by atoms with E-state index in [1.54, 1.807) is 25.3 Å². The summed E-state index contributed by atoms with van der Waals surface area (Å²) in [6.07, 6.45) is -0.139. The fourth-order valence-electron chi connectivity index (χ4n) is 2.78. The highest BCUT2D eigenvalue weighted by molar-refractivity contribution is 6.04. The van der Waals surface area contributed by atoms with E-state index in [1.807, 2.05) is 80.5 Å². The summed E-state index contributed by atoms with van der Waals surface area (Å²) in [5, 5.41) is 2.92. The van der Waals surface area contributed by atoms with E-state index in [2.05, 4.69) is 5.32 Å². The van der Waals surface area contributed by atoms with Gasteiger partial charge in [0.1, 0.15) is 6.23 Å². The number of nitrogens with one attached hydrogen (secondary N) is 1. The van der Waals surface area contributed by atoms with Crippen LogP contribution in [-0.2, 0) is 0 Å². The molecule has 0 saturated carbocycles. The number of hydrogen-bond donors (Lipinski definition) is 1. The van der Waals surface area contributed by atoms with E-state index < -0.39 is 0 Å². The number of nitrogens with zero attached hydrogens (tertiary/aromatic N) is 1. The molecule has 0 bridgehead atoms. The van der Waals surface area contributed by atoms with Crippen molar-refractivity contribution in [3.05, 3.63) is 78.4 Å². The molecular formula is C24H26N2O3. The van der Waals surface area contributed by atoms with Gasteiger partial charge < -0.3 is 14.8 Å². The molecule has 0 heterocycles. The third kappa shape index (κ3) is 5.15. The Morgan fingerprint density at radius 1 is 0.897 bits per heavy atom. The second kappa shape index (κ2) is 9.26. The molecule has 0 aliphatic carbocycles. The summed E-state index contributed by atoms with van der Waals surface area (Å²) >= 11 is 0. The highest BCUT2D eigenvalue weighted by atomic mass is 16.5. The molecule has 0 radical (unpaired) electrons. The number of carbonyl (C=O) groups excluding carboxylic acids is 1. The summed E-state index contributed by atoms with van der Waals surface area (Å²) in [6.45, 7) is 1.94. The van der Waals surface area contributed by atoms with Crippen LogP contribution in [0, 0.1) is 0 Å². The second-order valence-corrected chi connectivity index (χ2v) is 6.94. The van der Waals surface area contributed by atoms with Gasteiger partial charge in [-0.3, -0.25) is 9.69 Å². The van der Waals surface area contributed by atoms with Crippen molar-refractivity contribution in [3.63, 3.8) is 0 Å². The molecule has 3 aromatic carbocycles. The maximum atomic E-state index is 12.7. The largest absolute Gasteiger partial charge is 0.493 e. The van der Waals surface area contributed by atoms with Gasteiger partial charge in [-0.2, -0.15) is 0 Å². The predicted octanol–water partition coefficient (Wildman–Crippen LogP) is 4.90. The molecule has 3 rings (SSSR count). The Morgan fingerprint density at radius 2 is 1.55 bits per heavy atom. The lowest BCUT2D eigenvalue weighted by Gasteiger charge is -2.22. The van der Waals surface area contributed by atoms with E-state index in [-0.39, 0.29) is 12.1 Å². The summed E-state index contributed by atoms with van der Waals surface area (Å²) in [5.74, 6) is 1.01. The number of anilines is 1. The fourth-order valence-corrected chi connectivity index (χ4v) is 2.78. The zero-order chi connectivity index (χ0) is 20.8. The average Bonchev–Trinajstić information content (AvgIpc) is 2.74. The molecule has 0 spiro atoms. The van der Waals surface area contributed by atoms with Gasteiger partial charge in [-0.15, -0.1) is 0 Å². The summed E-state index contributed by atoms with van der Waals surface area (Å²) < 4.78 is 11.3. The summed E-state index contributed by atoms with van der Waals surface area (Å²) in [7, 11) is 5.46. The van der Waals surface area contributed by atoms with E-state index in [0.717, 1.165) is 11.1 Å². The standard InChI is InChI=1S/C24H26N2O3/c1-17(26(2)3)29-23-16-21(14-15-22(23)28-4)25-24(27)20-12-10-19(11-13-20)18-8-6-5-7-9-18/h5-17H,1-4H3,(H,25,27). The monoisotopic (exact) mass is 390 g/mol. The topological polar surface area (TPSA) is 50.8 Å². The molecule has 5 nitrogen and oxygen atoms in total. The third-order valence-corrected chi connectivity index (χ3v) is 4.70. The summed E-state index contributed by atoms with van der Waals surface area (Å²) in [6, 6.07) is 23.0. The van der Waals surface area contributed by atoms with Crippen LogP contribution >= 0.6 is 0 Å². The van der Waals surface area contributed by atoms with Crippen LogP contribution in [0.15, 0.2) is 72.8 Å². The van der Waals surface area contributed by atoms with Gasteiger partial charge in [-0.25, -0.2) is 0 Å². The maximum Gasteiger partial charge on any atom is 0.255 e. The van der Waals surface area contributed by atoms with Crippen LogP contribution in [0.5, 0.6) is 11.5 Å². The Balaban J connectivity index is 1.74. The van der Waals surface area contributed by atoms with Gasteiger partial charge in [0.15, 0.2) is 11.5 Å². The van der Waals surface area contributed by atoms with Crippen molar-refractivity contribution in [1.82, 2.24) is 4.90 Å². The first-order valence-corrected chi connectivity index (χ1v) is 9.46. The molecule has 1 amide bonds. The van der Waals surface area contributed by atoms with Gasteiger partial charge in [0, 0.05) is 17.3 Å². The number of hydrogen-bond acceptors (Lipinski definition) is 4. The lowest BCUT2D eigenvalue weighted by atomic mass is 10.0. The molecule has 29 heavy (non-hydrogen) atoms. The Kier molecular flexibility index (Phi) is 6.52. The third-order valence-electron chi connectivity index (χ3n) is 4.70. The Hall–Kier alpha value is -3.31. The minimum atomic E-state index is -0.179. The predicted molar refractivity (Wildman–Crippen MR) is 117 cm³/mol. The minimum Gasteiger partial charge on any atom is -0.493 e. The molecule has 1 unspecified atom stereocenters. The number of carbonyl (C=O) groups is 1. The lowest BCUT2D eigenvalue weighted by Crippen LogP contribution is -2.30. The molecule has 0 saturated heterocycles. The van der Waals surface area contributed by atoms with E-state index in [0.29, 0.717) is 22.7 Å². The van der Waals surface area contributed by atoms with E-state index in [1.165, 1.54) is 0 Å². The van der Waals surface area contributed by atoms with Crippen molar-refractivity contribution in [2.24, 2.45) is 0 Å². The number of ether oxygens (including phenoxy) is 2. The van der Waals surface area contributed by atoms with E-state index in [4.69, 9.17) is 9.47 Å². The first kappa shape index (κ1) is 20.4. The molecule has 150 valence electrons. The molecule has 1 N–H and O–H groups in total. The van der Waals surface area contributed by atoms with E-state index in [9.17, 15) is 4.79 Å². The van der Waals surface area contributed by atoms with Crippen molar-refractivity contribution < 1.29 is 14.3 Å². The van der Waals surface area contributed by atoms with Crippen molar-refractivity contribution in [2.45, 2.75) is 13.2 Å². The number of benzene rings is 3. The van der Waals surface area contributed by atoms with Gasteiger partial charge in [-0.1, -0.05) is 42.5 Å². The van der Waals surface area contributed by atoms with Crippen molar-refractivity contribution in [3.8, 4) is 22.6 Å². The molecule has 1 atom stereocenters. The SMILES string of the molecule is COc1ccc(NC(=O)c2ccc(-c3ccccc3)cc2)cc1OC(C)N(C)C.